The lowest BCUT2D eigenvalue weighted by atomic mass is 10.1. The molecule has 0 aliphatic carbocycles. The lowest BCUT2D eigenvalue weighted by Gasteiger charge is -2.07. The first-order valence-electron chi connectivity index (χ1n) is 5.94. The Bertz CT molecular complexity index is 689. The summed E-state index contributed by atoms with van der Waals surface area (Å²) in [7, 11) is 0. The molecule has 1 N–H and O–H groups in total. The molecule has 0 bridgehead atoms. The zero-order valence-corrected chi connectivity index (χ0v) is 11.4. The molecule has 2 rings (SSSR count). The van der Waals surface area contributed by atoms with Crippen LogP contribution in [0.2, 0.25) is 5.02 Å². The van der Waals surface area contributed by atoms with Gasteiger partial charge < -0.3 is 5.32 Å². The van der Waals surface area contributed by atoms with Crippen LogP contribution < -0.4 is 5.32 Å². The Morgan fingerprint density at radius 3 is 2.52 bits per heavy atom. The summed E-state index contributed by atoms with van der Waals surface area (Å²) in [6.07, 6.45) is 0. The third-order valence-electron chi connectivity index (χ3n) is 2.79. The van der Waals surface area contributed by atoms with Crippen LogP contribution in [0.25, 0.3) is 0 Å². The Morgan fingerprint density at radius 1 is 1.24 bits per heavy atom. The highest BCUT2D eigenvalue weighted by molar-refractivity contribution is 6.35. The number of nitrogens with zero attached hydrogens (tertiary/aromatic N) is 1. The van der Waals surface area contributed by atoms with E-state index in [0.29, 0.717) is 5.56 Å². The molecule has 7 heteroatoms. The minimum absolute atomic E-state index is 0.0213. The SMILES string of the molecule is O=C(NCc1ccc(F)cc1)c1cccc([N+](=O)[O-])c1Cl. The molecule has 0 radical (unpaired) electrons. The van der Waals surface area contributed by atoms with Crippen molar-refractivity contribution in [3.8, 4) is 0 Å². The van der Waals surface area contributed by atoms with Gasteiger partial charge in [-0.3, -0.25) is 14.9 Å². The number of nitro benzene ring substituents is 1. The summed E-state index contributed by atoms with van der Waals surface area (Å²) in [5.41, 5.74) is 0.394. The van der Waals surface area contributed by atoms with Gasteiger partial charge in [-0.05, 0) is 23.8 Å². The second-order valence-electron chi connectivity index (χ2n) is 4.20. The van der Waals surface area contributed by atoms with Gasteiger partial charge in [-0.15, -0.1) is 0 Å². The van der Waals surface area contributed by atoms with Gasteiger partial charge in [0.2, 0.25) is 0 Å². The van der Waals surface area contributed by atoms with Gasteiger partial charge in [0.1, 0.15) is 10.8 Å². The maximum atomic E-state index is 12.8. The Labute approximate surface area is 124 Å². The van der Waals surface area contributed by atoms with E-state index in [2.05, 4.69) is 5.32 Å². The molecule has 0 saturated heterocycles. The number of carbonyl (C=O) groups excluding carboxylic acids is 1. The van der Waals surface area contributed by atoms with E-state index in [1.165, 1.54) is 42.5 Å². The Kier molecular flexibility index (Phi) is 4.49. The number of carbonyl (C=O) groups is 1. The van der Waals surface area contributed by atoms with Gasteiger partial charge in [0.05, 0.1) is 10.5 Å². The van der Waals surface area contributed by atoms with E-state index in [1.807, 2.05) is 0 Å². The van der Waals surface area contributed by atoms with Crippen LogP contribution in [0.4, 0.5) is 10.1 Å². The lowest BCUT2D eigenvalue weighted by molar-refractivity contribution is -0.384. The second-order valence-corrected chi connectivity index (χ2v) is 4.58. The van der Waals surface area contributed by atoms with Gasteiger partial charge in [0, 0.05) is 12.6 Å². The van der Waals surface area contributed by atoms with Crippen molar-refractivity contribution in [3.63, 3.8) is 0 Å². The van der Waals surface area contributed by atoms with Crippen LogP contribution in [-0.4, -0.2) is 10.8 Å². The number of benzene rings is 2. The molecule has 108 valence electrons. The largest absolute Gasteiger partial charge is 0.348 e. The fourth-order valence-corrected chi connectivity index (χ4v) is 2.00. The highest BCUT2D eigenvalue weighted by Gasteiger charge is 2.19. The van der Waals surface area contributed by atoms with E-state index in [1.54, 1.807) is 0 Å². The third kappa shape index (κ3) is 3.55. The zero-order chi connectivity index (χ0) is 15.4. The van der Waals surface area contributed by atoms with Crippen molar-refractivity contribution >= 4 is 23.2 Å². The van der Waals surface area contributed by atoms with Crippen LogP contribution in [0.1, 0.15) is 15.9 Å². The summed E-state index contributed by atoms with van der Waals surface area (Å²) in [6.45, 7) is 0.165. The smallest absolute Gasteiger partial charge is 0.288 e. The predicted octanol–water partition coefficient (Wildman–Crippen LogP) is 3.32. The summed E-state index contributed by atoms with van der Waals surface area (Å²) in [6, 6.07) is 9.63. The fraction of sp³-hybridized carbons (Fsp3) is 0.0714. The predicted molar refractivity (Wildman–Crippen MR) is 75.7 cm³/mol. The number of nitro groups is 1. The number of halogens is 2. The van der Waals surface area contributed by atoms with Crippen LogP contribution in [-0.2, 0) is 6.54 Å². The minimum atomic E-state index is -0.654. The van der Waals surface area contributed by atoms with Crippen LogP contribution in [0.5, 0.6) is 0 Å². The van der Waals surface area contributed by atoms with Crippen molar-refractivity contribution in [1.29, 1.82) is 0 Å². The number of nitrogens with one attached hydrogen (secondary N) is 1. The molecule has 21 heavy (non-hydrogen) atoms. The first-order valence-corrected chi connectivity index (χ1v) is 6.32. The third-order valence-corrected chi connectivity index (χ3v) is 3.18. The zero-order valence-electron chi connectivity index (χ0n) is 10.7. The van der Waals surface area contributed by atoms with Gasteiger partial charge in [-0.1, -0.05) is 29.8 Å². The van der Waals surface area contributed by atoms with Crippen molar-refractivity contribution in [2.24, 2.45) is 0 Å². The van der Waals surface area contributed by atoms with Crippen LogP contribution in [0.15, 0.2) is 42.5 Å². The molecule has 0 aliphatic heterocycles. The first-order chi connectivity index (χ1) is 9.99. The molecule has 0 fully saturated rings. The van der Waals surface area contributed by atoms with E-state index in [4.69, 9.17) is 11.6 Å². The minimum Gasteiger partial charge on any atom is -0.348 e. The van der Waals surface area contributed by atoms with E-state index >= 15 is 0 Å². The number of hydrogen-bond acceptors (Lipinski definition) is 3. The fourth-order valence-electron chi connectivity index (χ4n) is 1.72. The molecule has 0 saturated carbocycles. The number of rotatable bonds is 4. The van der Waals surface area contributed by atoms with Gasteiger partial charge in [0.25, 0.3) is 11.6 Å². The van der Waals surface area contributed by atoms with Crippen molar-refractivity contribution < 1.29 is 14.1 Å². The van der Waals surface area contributed by atoms with Gasteiger partial charge in [-0.25, -0.2) is 4.39 Å². The van der Waals surface area contributed by atoms with Gasteiger partial charge in [0.15, 0.2) is 0 Å². The molecule has 0 unspecified atom stereocenters. The van der Waals surface area contributed by atoms with E-state index in [0.717, 1.165) is 0 Å². The highest BCUT2D eigenvalue weighted by atomic mass is 35.5. The van der Waals surface area contributed by atoms with Crippen LogP contribution in [0.3, 0.4) is 0 Å². The molecule has 1 amide bonds. The Morgan fingerprint density at radius 2 is 1.90 bits per heavy atom. The quantitative estimate of drug-likeness (QED) is 0.695. The number of amides is 1. The molecule has 0 heterocycles. The highest BCUT2D eigenvalue weighted by Crippen LogP contribution is 2.27. The molecule has 0 aliphatic rings. The molecule has 2 aromatic carbocycles. The summed E-state index contributed by atoms with van der Waals surface area (Å²) < 4.78 is 12.8. The van der Waals surface area contributed by atoms with Crippen molar-refractivity contribution in [1.82, 2.24) is 5.32 Å². The maximum Gasteiger partial charge on any atom is 0.288 e. The monoisotopic (exact) mass is 308 g/mol. The summed E-state index contributed by atoms with van der Waals surface area (Å²) in [5, 5.41) is 13.1. The van der Waals surface area contributed by atoms with E-state index in [-0.39, 0.29) is 28.6 Å². The van der Waals surface area contributed by atoms with E-state index in [9.17, 15) is 19.3 Å². The summed E-state index contributed by atoms with van der Waals surface area (Å²) in [5.74, 6) is -0.903. The van der Waals surface area contributed by atoms with Gasteiger partial charge >= 0.3 is 0 Å². The Hall–Kier alpha value is -2.47. The lowest BCUT2D eigenvalue weighted by Crippen LogP contribution is -2.23. The summed E-state index contributed by atoms with van der Waals surface area (Å²) >= 11 is 5.85. The van der Waals surface area contributed by atoms with Crippen molar-refractivity contribution in [2.45, 2.75) is 6.54 Å². The number of hydrogen-bond donors (Lipinski definition) is 1. The van der Waals surface area contributed by atoms with Crippen LogP contribution in [0, 0.1) is 15.9 Å². The first kappa shape index (κ1) is 14.9. The molecule has 0 atom stereocenters. The maximum absolute atomic E-state index is 12.8. The van der Waals surface area contributed by atoms with Crippen LogP contribution >= 0.6 is 11.6 Å². The second kappa shape index (κ2) is 6.32. The standard InChI is InChI=1S/C14H10ClFN2O3/c15-13-11(2-1-3-12(13)18(20)21)14(19)17-8-9-4-6-10(16)7-5-9/h1-7H,8H2,(H,17,19). The molecular weight excluding hydrogens is 299 g/mol. The molecule has 5 nitrogen and oxygen atoms in total. The molecule has 0 aromatic heterocycles. The van der Waals surface area contributed by atoms with Crippen molar-refractivity contribution in [2.75, 3.05) is 0 Å². The van der Waals surface area contributed by atoms with Gasteiger partial charge in [-0.2, -0.15) is 0 Å². The molecular formula is C14H10ClFN2O3. The molecule has 2 aromatic rings. The molecule has 0 spiro atoms. The summed E-state index contributed by atoms with van der Waals surface area (Å²) in [4.78, 5) is 22.1. The average molecular weight is 309 g/mol. The Balaban J connectivity index is 2.12. The van der Waals surface area contributed by atoms with E-state index < -0.39 is 10.8 Å². The topological polar surface area (TPSA) is 72.2 Å². The van der Waals surface area contributed by atoms with Crippen molar-refractivity contribution in [3.05, 3.63) is 74.5 Å². The normalized spacial score (nSPS) is 10.2. The average Bonchev–Trinajstić information content (AvgIpc) is 2.46.